The number of benzene rings is 2. The summed E-state index contributed by atoms with van der Waals surface area (Å²) in [5, 5.41) is 2.72. The molecule has 2 aromatic carbocycles. The van der Waals surface area contributed by atoms with Crippen molar-refractivity contribution in [2.75, 3.05) is 17.1 Å². The first-order valence-electron chi connectivity index (χ1n) is 7.85. The van der Waals surface area contributed by atoms with Crippen LogP contribution in [0.4, 0.5) is 11.4 Å². The molecule has 0 aromatic heterocycles. The molecule has 0 spiro atoms. The lowest BCUT2D eigenvalue weighted by atomic mass is 10.2. The van der Waals surface area contributed by atoms with Gasteiger partial charge in [-0.1, -0.05) is 19.9 Å². The Morgan fingerprint density at radius 1 is 1.00 bits per heavy atom. The molecule has 0 aliphatic carbocycles. The van der Waals surface area contributed by atoms with Crippen LogP contribution in [0.5, 0.6) is 0 Å². The summed E-state index contributed by atoms with van der Waals surface area (Å²) in [6, 6.07) is 11.8. The van der Waals surface area contributed by atoms with Crippen LogP contribution in [0.25, 0.3) is 0 Å². The Labute approximate surface area is 152 Å². The van der Waals surface area contributed by atoms with Gasteiger partial charge < -0.3 is 10.1 Å². The number of sulfonamides is 1. The highest BCUT2D eigenvalue weighted by Crippen LogP contribution is 2.20. The Hall–Kier alpha value is -2.87. The molecule has 0 aliphatic heterocycles. The number of methoxy groups -OCH3 is 1. The summed E-state index contributed by atoms with van der Waals surface area (Å²) >= 11 is 0. The highest BCUT2D eigenvalue weighted by Gasteiger charge is 2.17. The van der Waals surface area contributed by atoms with Crippen molar-refractivity contribution in [3.8, 4) is 0 Å². The Kier molecular flexibility index (Phi) is 5.99. The van der Waals surface area contributed by atoms with Crippen LogP contribution in [-0.2, 0) is 19.6 Å². The summed E-state index contributed by atoms with van der Waals surface area (Å²) in [5.74, 6) is -0.902. The van der Waals surface area contributed by atoms with Crippen molar-refractivity contribution < 1.29 is 22.7 Å². The van der Waals surface area contributed by atoms with Crippen molar-refractivity contribution in [3.63, 3.8) is 0 Å². The molecule has 1 amide bonds. The van der Waals surface area contributed by atoms with Crippen molar-refractivity contribution in [2.24, 2.45) is 5.92 Å². The van der Waals surface area contributed by atoms with E-state index in [1.165, 1.54) is 43.5 Å². The predicted octanol–water partition coefficient (Wildman–Crippen LogP) is 2.87. The average molecular weight is 376 g/mol. The molecule has 0 aliphatic rings. The monoisotopic (exact) mass is 376 g/mol. The second kappa shape index (κ2) is 8.01. The maximum atomic E-state index is 12.5. The van der Waals surface area contributed by atoms with Crippen LogP contribution >= 0.6 is 0 Å². The fraction of sp³-hybridized carbons (Fsp3) is 0.222. The van der Waals surface area contributed by atoms with Crippen molar-refractivity contribution >= 4 is 33.3 Å². The molecule has 26 heavy (non-hydrogen) atoms. The van der Waals surface area contributed by atoms with Gasteiger partial charge in [0.25, 0.3) is 10.0 Å². The van der Waals surface area contributed by atoms with Gasteiger partial charge in [0.2, 0.25) is 5.91 Å². The van der Waals surface area contributed by atoms with E-state index in [0.29, 0.717) is 11.4 Å². The Balaban J connectivity index is 2.17. The van der Waals surface area contributed by atoms with E-state index in [4.69, 9.17) is 0 Å². The fourth-order valence-electron chi connectivity index (χ4n) is 2.03. The molecular weight excluding hydrogens is 356 g/mol. The van der Waals surface area contributed by atoms with Gasteiger partial charge in [0, 0.05) is 17.3 Å². The lowest BCUT2D eigenvalue weighted by Crippen LogP contribution is -2.17. The molecule has 2 N–H and O–H groups in total. The number of anilines is 2. The SMILES string of the molecule is COC(=O)c1cccc(S(=O)(=O)Nc2ccc(NC(=O)C(C)C)cc2)c1. The smallest absolute Gasteiger partial charge is 0.337 e. The molecule has 0 bridgehead atoms. The van der Waals surface area contributed by atoms with Gasteiger partial charge in [0.05, 0.1) is 17.6 Å². The number of amides is 1. The summed E-state index contributed by atoms with van der Waals surface area (Å²) in [4.78, 5) is 23.2. The normalized spacial score (nSPS) is 11.1. The second-order valence-corrected chi connectivity index (χ2v) is 7.53. The Morgan fingerprint density at radius 2 is 1.62 bits per heavy atom. The summed E-state index contributed by atoms with van der Waals surface area (Å²) in [5.41, 5.74) is 1.04. The summed E-state index contributed by atoms with van der Waals surface area (Å²) in [6.45, 7) is 3.56. The molecule has 0 fully saturated rings. The van der Waals surface area contributed by atoms with Gasteiger partial charge in [0.15, 0.2) is 0 Å². The molecule has 2 aromatic rings. The molecule has 2 rings (SSSR count). The number of ether oxygens (including phenoxy) is 1. The molecule has 0 heterocycles. The molecule has 0 saturated carbocycles. The summed E-state index contributed by atoms with van der Waals surface area (Å²) in [6.07, 6.45) is 0. The van der Waals surface area contributed by atoms with E-state index in [1.54, 1.807) is 26.0 Å². The molecule has 138 valence electrons. The molecule has 8 heteroatoms. The highest BCUT2D eigenvalue weighted by molar-refractivity contribution is 7.92. The van der Waals surface area contributed by atoms with E-state index in [9.17, 15) is 18.0 Å². The predicted molar refractivity (Wildman–Crippen MR) is 98.5 cm³/mol. The van der Waals surface area contributed by atoms with Crippen molar-refractivity contribution in [1.29, 1.82) is 0 Å². The maximum Gasteiger partial charge on any atom is 0.337 e. The molecule has 0 radical (unpaired) electrons. The van der Waals surface area contributed by atoms with Crippen LogP contribution in [0.1, 0.15) is 24.2 Å². The van der Waals surface area contributed by atoms with Crippen LogP contribution in [0.15, 0.2) is 53.4 Å². The van der Waals surface area contributed by atoms with Crippen molar-refractivity contribution in [3.05, 3.63) is 54.1 Å². The topological polar surface area (TPSA) is 102 Å². The minimum atomic E-state index is -3.87. The number of esters is 1. The zero-order chi connectivity index (χ0) is 19.3. The van der Waals surface area contributed by atoms with Gasteiger partial charge in [0.1, 0.15) is 0 Å². The third-order valence-electron chi connectivity index (χ3n) is 3.49. The quantitative estimate of drug-likeness (QED) is 0.755. The van der Waals surface area contributed by atoms with Crippen LogP contribution < -0.4 is 10.0 Å². The number of hydrogen-bond acceptors (Lipinski definition) is 5. The molecule has 0 atom stereocenters. The third kappa shape index (κ3) is 4.82. The van der Waals surface area contributed by atoms with Crippen molar-refractivity contribution in [1.82, 2.24) is 0 Å². The van der Waals surface area contributed by atoms with Crippen LogP contribution in [0.3, 0.4) is 0 Å². The van der Waals surface area contributed by atoms with Gasteiger partial charge in [-0.05, 0) is 42.5 Å². The maximum absolute atomic E-state index is 12.5. The van der Waals surface area contributed by atoms with Gasteiger partial charge in [-0.15, -0.1) is 0 Å². The first-order valence-corrected chi connectivity index (χ1v) is 9.33. The number of carbonyl (C=O) groups excluding carboxylic acids is 2. The number of nitrogens with one attached hydrogen (secondary N) is 2. The fourth-order valence-corrected chi connectivity index (χ4v) is 3.13. The van der Waals surface area contributed by atoms with E-state index < -0.39 is 16.0 Å². The molecule has 7 nitrogen and oxygen atoms in total. The largest absolute Gasteiger partial charge is 0.465 e. The molecule has 0 saturated heterocycles. The number of rotatable bonds is 6. The lowest BCUT2D eigenvalue weighted by molar-refractivity contribution is -0.118. The van der Waals surface area contributed by atoms with Crippen LogP contribution in [-0.4, -0.2) is 27.4 Å². The Bertz CT molecular complexity index is 905. The number of carbonyl (C=O) groups is 2. The second-order valence-electron chi connectivity index (χ2n) is 5.85. The van der Waals surface area contributed by atoms with E-state index in [0.717, 1.165) is 0 Å². The summed E-state index contributed by atoms with van der Waals surface area (Å²) < 4.78 is 32.0. The van der Waals surface area contributed by atoms with Gasteiger partial charge >= 0.3 is 5.97 Å². The summed E-state index contributed by atoms with van der Waals surface area (Å²) in [7, 11) is -2.65. The average Bonchev–Trinajstić information content (AvgIpc) is 2.62. The van der Waals surface area contributed by atoms with E-state index in [2.05, 4.69) is 14.8 Å². The van der Waals surface area contributed by atoms with Crippen molar-refractivity contribution in [2.45, 2.75) is 18.7 Å². The lowest BCUT2D eigenvalue weighted by Gasteiger charge is -2.11. The minimum Gasteiger partial charge on any atom is -0.465 e. The zero-order valence-electron chi connectivity index (χ0n) is 14.6. The Morgan fingerprint density at radius 3 is 2.19 bits per heavy atom. The van der Waals surface area contributed by atoms with Crippen LogP contribution in [0, 0.1) is 5.92 Å². The van der Waals surface area contributed by atoms with Gasteiger partial charge in [-0.25, -0.2) is 13.2 Å². The molecule has 0 unspecified atom stereocenters. The van der Waals surface area contributed by atoms with Crippen LogP contribution in [0.2, 0.25) is 0 Å². The molecular formula is C18H20N2O5S. The first-order chi connectivity index (χ1) is 12.2. The van der Waals surface area contributed by atoms with E-state index in [1.807, 2.05) is 0 Å². The third-order valence-corrected chi connectivity index (χ3v) is 4.87. The van der Waals surface area contributed by atoms with E-state index >= 15 is 0 Å². The minimum absolute atomic E-state index is 0.0578. The van der Waals surface area contributed by atoms with E-state index in [-0.39, 0.29) is 22.3 Å². The van der Waals surface area contributed by atoms with Gasteiger partial charge in [-0.3, -0.25) is 9.52 Å². The first kappa shape index (κ1) is 19.5. The standard InChI is InChI=1S/C18H20N2O5S/c1-12(2)17(21)19-14-7-9-15(10-8-14)20-26(23,24)16-6-4-5-13(11-16)18(22)25-3/h4-12,20H,1-3H3,(H,19,21). The highest BCUT2D eigenvalue weighted by atomic mass is 32.2. The number of hydrogen-bond donors (Lipinski definition) is 2. The zero-order valence-corrected chi connectivity index (χ0v) is 15.5. The van der Waals surface area contributed by atoms with Gasteiger partial charge in [-0.2, -0.15) is 0 Å².